The summed E-state index contributed by atoms with van der Waals surface area (Å²) in [7, 11) is 0. The number of anilines is 2. The van der Waals surface area contributed by atoms with E-state index in [9.17, 15) is 14.9 Å². The van der Waals surface area contributed by atoms with Gasteiger partial charge >= 0.3 is 11.7 Å². The van der Waals surface area contributed by atoms with Crippen molar-refractivity contribution in [3.8, 4) is 0 Å². The number of halogens is 1. The summed E-state index contributed by atoms with van der Waals surface area (Å²) in [4.78, 5) is 25.0. The van der Waals surface area contributed by atoms with Gasteiger partial charge in [-0.1, -0.05) is 17.7 Å². The SMILES string of the molecule is Cc1c(Cl)cccc1Nc1nc(C(=O)O)ccc1[N+](=O)[O-]. The molecule has 0 unspecified atom stereocenters. The lowest BCUT2D eigenvalue weighted by Crippen LogP contribution is -2.06. The van der Waals surface area contributed by atoms with Gasteiger partial charge in [-0.25, -0.2) is 9.78 Å². The first-order valence-electron chi connectivity index (χ1n) is 5.81. The van der Waals surface area contributed by atoms with E-state index >= 15 is 0 Å². The molecule has 0 fully saturated rings. The van der Waals surface area contributed by atoms with Crippen molar-refractivity contribution in [3.63, 3.8) is 0 Å². The summed E-state index contributed by atoms with van der Waals surface area (Å²) in [6.07, 6.45) is 0. The number of rotatable bonds is 4. The molecule has 0 saturated carbocycles. The summed E-state index contributed by atoms with van der Waals surface area (Å²) in [5.41, 5.74) is 0.582. The highest BCUT2D eigenvalue weighted by atomic mass is 35.5. The highest BCUT2D eigenvalue weighted by Gasteiger charge is 2.19. The number of benzene rings is 1. The number of carbonyl (C=O) groups is 1. The van der Waals surface area contributed by atoms with Gasteiger partial charge < -0.3 is 10.4 Å². The molecule has 0 spiro atoms. The van der Waals surface area contributed by atoms with Crippen molar-refractivity contribution in [2.45, 2.75) is 6.92 Å². The number of hydrogen-bond donors (Lipinski definition) is 2. The molecular formula is C13H10ClN3O4. The third-order valence-electron chi connectivity index (χ3n) is 2.81. The van der Waals surface area contributed by atoms with Gasteiger partial charge in [-0.05, 0) is 30.7 Å². The Balaban J connectivity index is 2.51. The lowest BCUT2D eigenvalue weighted by Gasteiger charge is -2.10. The first kappa shape index (κ1) is 14.7. The van der Waals surface area contributed by atoms with E-state index in [1.165, 1.54) is 0 Å². The van der Waals surface area contributed by atoms with Crippen LogP contribution in [-0.4, -0.2) is 21.0 Å². The molecule has 8 heteroatoms. The quantitative estimate of drug-likeness (QED) is 0.662. The lowest BCUT2D eigenvalue weighted by atomic mass is 10.2. The maximum atomic E-state index is 11.0. The molecule has 0 bridgehead atoms. The molecule has 0 atom stereocenters. The molecule has 0 amide bonds. The number of aromatic carboxylic acids is 1. The van der Waals surface area contributed by atoms with E-state index in [0.29, 0.717) is 16.3 Å². The summed E-state index contributed by atoms with van der Waals surface area (Å²) in [6, 6.07) is 7.19. The topological polar surface area (TPSA) is 105 Å². The fraction of sp³-hybridized carbons (Fsp3) is 0.0769. The van der Waals surface area contributed by atoms with Gasteiger partial charge in [0.15, 0.2) is 5.69 Å². The third kappa shape index (κ3) is 3.09. The molecule has 0 aliphatic heterocycles. The summed E-state index contributed by atoms with van der Waals surface area (Å²) < 4.78 is 0. The second-order valence-electron chi connectivity index (χ2n) is 4.16. The van der Waals surface area contributed by atoms with Crippen molar-refractivity contribution < 1.29 is 14.8 Å². The molecule has 2 N–H and O–H groups in total. The van der Waals surface area contributed by atoms with E-state index in [4.69, 9.17) is 16.7 Å². The van der Waals surface area contributed by atoms with Crippen LogP contribution in [0, 0.1) is 17.0 Å². The van der Waals surface area contributed by atoms with Gasteiger partial charge in [-0.15, -0.1) is 0 Å². The highest BCUT2D eigenvalue weighted by molar-refractivity contribution is 6.31. The van der Waals surface area contributed by atoms with Gasteiger partial charge in [0.05, 0.1) is 4.92 Å². The Hall–Kier alpha value is -2.67. The van der Waals surface area contributed by atoms with Crippen LogP contribution >= 0.6 is 11.6 Å². The van der Waals surface area contributed by atoms with E-state index in [0.717, 1.165) is 12.1 Å². The second kappa shape index (κ2) is 5.76. The first-order chi connectivity index (χ1) is 9.90. The van der Waals surface area contributed by atoms with Crippen LogP contribution in [0.2, 0.25) is 5.02 Å². The number of carboxylic acid groups (broad SMARTS) is 1. The minimum absolute atomic E-state index is 0.148. The van der Waals surface area contributed by atoms with Gasteiger partial charge in [-0.3, -0.25) is 10.1 Å². The second-order valence-corrected chi connectivity index (χ2v) is 4.57. The normalized spacial score (nSPS) is 10.2. The van der Waals surface area contributed by atoms with Gasteiger partial charge in [0.2, 0.25) is 5.82 Å². The minimum Gasteiger partial charge on any atom is -0.477 e. The van der Waals surface area contributed by atoms with E-state index in [1.807, 2.05) is 0 Å². The summed E-state index contributed by atoms with van der Waals surface area (Å²) in [6.45, 7) is 1.73. The van der Waals surface area contributed by atoms with Crippen LogP contribution in [0.15, 0.2) is 30.3 Å². The van der Waals surface area contributed by atoms with Crippen LogP contribution in [0.25, 0.3) is 0 Å². The van der Waals surface area contributed by atoms with E-state index < -0.39 is 10.9 Å². The average Bonchev–Trinajstić information content (AvgIpc) is 2.43. The third-order valence-corrected chi connectivity index (χ3v) is 3.22. The Morgan fingerprint density at radius 2 is 2.10 bits per heavy atom. The van der Waals surface area contributed by atoms with Gasteiger partial charge in [0.25, 0.3) is 0 Å². The Kier molecular flexibility index (Phi) is 4.04. The molecule has 7 nitrogen and oxygen atoms in total. The number of nitro groups is 1. The molecular weight excluding hydrogens is 298 g/mol. The molecule has 2 rings (SSSR count). The van der Waals surface area contributed by atoms with Crippen molar-refractivity contribution in [1.29, 1.82) is 0 Å². The zero-order valence-electron chi connectivity index (χ0n) is 10.8. The largest absolute Gasteiger partial charge is 0.477 e. The lowest BCUT2D eigenvalue weighted by molar-refractivity contribution is -0.384. The molecule has 0 saturated heterocycles. The molecule has 0 aliphatic carbocycles. The number of pyridine rings is 1. The number of nitrogens with zero attached hydrogens (tertiary/aromatic N) is 2. The van der Waals surface area contributed by atoms with Crippen LogP contribution in [0.5, 0.6) is 0 Å². The molecule has 108 valence electrons. The van der Waals surface area contributed by atoms with Crippen molar-refractivity contribution in [2.75, 3.05) is 5.32 Å². The predicted octanol–water partition coefficient (Wildman–Crippen LogP) is 3.39. The van der Waals surface area contributed by atoms with E-state index in [-0.39, 0.29) is 17.2 Å². The smallest absolute Gasteiger partial charge is 0.354 e. The molecule has 2 aromatic rings. The Bertz CT molecular complexity index is 733. The molecule has 21 heavy (non-hydrogen) atoms. The molecule has 1 heterocycles. The van der Waals surface area contributed by atoms with Crippen LogP contribution in [0.3, 0.4) is 0 Å². The number of carboxylic acids is 1. The van der Waals surface area contributed by atoms with Crippen molar-refractivity contribution in [2.24, 2.45) is 0 Å². The van der Waals surface area contributed by atoms with Crippen molar-refractivity contribution in [3.05, 3.63) is 56.7 Å². The first-order valence-corrected chi connectivity index (χ1v) is 6.19. The number of aromatic nitrogens is 1. The zero-order valence-corrected chi connectivity index (χ0v) is 11.6. The minimum atomic E-state index is -1.27. The number of nitrogens with one attached hydrogen (secondary N) is 1. The van der Waals surface area contributed by atoms with Crippen LogP contribution in [0.1, 0.15) is 16.1 Å². The monoisotopic (exact) mass is 307 g/mol. The Labute approximate surface area is 124 Å². The molecule has 1 aromatic carbocycles. The summed E-state index contributed by atoms with van der Waals surface area (Å²) >= 11 is 5.98. The molecule has 0 radical (unpaired) electrons. The summed E-state index contributed by atoms with van der Waals surface area (Å²) in [5.74, 6) is -1.42. The maximum absolute atomic E-state index is 11.0. The highest BCUT2D eigenvalue weighted by Crippen LogP contribution is 2.30. The average molecular weight is 308 g/mol. The van der Waals surface area contributed by atoms with Gasteiger partial charge in [-0.2, -0.15) is 0 Å². The van der Waals surface area contributed by atoms with Crippen LogP contribution in [0.4, 0.5) is 17.2 Å². The van der Waals surface area contributed by atoms with Crippen LogP contribution in [-0.2, 0) is 0 Å². The number of hydrogen-bond acceptors (Lipinski definition) is 5. The molecule has 1 aromatic heterocycles. The predicted molar refractivity (Wildman–Crippen MR) is 77.3 cm³/mol. The Morgan fingerprint density at radius 3 is 2.71 bits per heavy atom. The van der Waals surface area contributed by atoms with Crippen molar-refractivity contribution in [1.82, 2.24) is 4.98 Å². The van der Waals surface area contributed by atoms with Gasteiger partial charge in [0, 0.05) is 16.8 Å². The summed E-state index contributed by atoms with van der Waals surface area (Å²) in [5, 5.41) is 23.2. The van der Waals surface area contributed by atoms with Crippen molar-refractivity contribution >= 4 is 34.8 Å². The maximum Gasteiger partial charge on any atom is 0.354 e. The van der Waals surface area contributed by atoms with E-state index in [2.05, 4.69) is 10.3 Å². The van der Waals surface area contributed by atoms with E-state index in [1.54, 1.807) is 25.1 Å². The Morgan fingerprint density at radius 1 is 1.38 bits per heavy atom. The fourth-order valence-corrected chi connectivity index (χ4v) is 1.86. The fourth-order valence-electron chi connectivity index (χ4n) is 1.68. The zero-order chi connectivity index (χ0) is 15.6. The standard InChI is InChI=1S/C13H10ClN3O4/c1-7-8(14)3-2-4-9(7)15-12-11(17(20)21)6-5-10(16-12)13(18)19/h2-6H,1H3,(H,15,16)(H,18,19). The van der Waals surface area contributed by atoms with Crippen LogP contribution < -0.4 is 5.32 Å². The molecule has 0 aliphatic rings. The van der Waals surface area contributed by atoms with Gasteiger partial charge in [0.1, 0.15) is 0 Å².